The second-order valence-corrected chi connectivity index (χ2v) is 4.17. The van der Waals surface area contributed by atoms with Crippen molar-refractivity contribution < 1.29 is 9.90 Å². The monoisotopic (exact) mass is 245 g/mol. The second-order valence-electron chi connectivity index (χ2n) is 4.17. The smallest absolute Gasteiger partial charge is 0.303 e. The van der Waals surface area contributed by atoms with Gasteiger partial charge in [-0.1, -0.05) is 6.07 Å². The van der Waals surface area contributed by atoms with Gasteiger partial charge in [-0.15, -0.1) is 0 Å². The van der Waals surface area contributed by atoms with E-state index in [9.17, 15) is 4.79 Å². The summed E-state index contributed by atoms with van der Waals surface area (Å²) in [5.41, 5.74) is 3.80. The Morgan fingerprint density at radius 1 is 1.50 bits per heavy atom. The maximum absolute atomic E-state index is 10.7. The summed E-state index contributed by atoms with van der Waals surface area (Å²) < 4.78 is 1.75. The minimum absolute atomic E-state index is 0.103. The van der Waals surface area contributed by atoms with Crippen molar-refractivity contribution in [3.63, 3.8) is 0 Å². The minimum Gasteiger partial charge on any atom is -0.481 e. The SMILES string of the molecule is Cc1nn(C)c(CCC(=O)O)c1-c1cccnc1. The molecule has 94 valence electrons. The summed E-state index contributed by atoms with van der Waals surface area (Å²) in [5, 5.41) is 13.2. The summed E-state index contributed by atoms with van der Waals surface area (Å²) in [6, 6.07) is 3.82. The molecule has 0 amide bonds. The molecule has 0 fully saturated rings. The van der Waals surface area contributed by atoms with Crippen LogP contribution in [0.25, 0.3) is 11.1 Å². The average Bonchev–Trinajstić information content (AvgIpc) is 2.62. The molecular weight excluding hydrogens is 230 g/mol. The van der Waals surface area contributed by atoms with E-state index in [1.165, 1.54) is 0 Å². The van der Waals surface area contributed by atoms with Gasteiger partial charge >= 0.3 is 5.97 Å². The number of aryl methyl sites for hydroxylation is 2. The van der Waals surface area contributed by atoms with E-state index in [1.807, 2.05) is 26.1 Å². The molecule has 0 aliphatic heterocycles. The molecule has 2 heterocycles. The van der Waals surface area contributed by atoms with Crippen molar-refractivity contribution in [2.24, 2.45) is 7.05 Å². The van der Waals surface area contributed by atoms with Gasteiger partial charge < -0.3 is 5.11 Å². The molecule has 2 aromatic rings. The van der Waals surface area contributed by atoms with Gasteiger partial charge in [0.1, 0.15) is 0 Å². The van der Waals surface area contributed by atoms with Crippen molar-refractivity contribution in [3.8, 4) is 11.1 Å². The summed E-state index contributed by atoms with van der Waals surface area (Å²) in [6.45, 7) is 1.92. The standard InChI is InChI=1S/C13H15N3O2/c1-9-13(10-4-3-7-14-8-10)11(16(2)15-9)5-6-12(17)18/h3-4,7-8H,5-6H2,1-2H3,(H,17,18). The number of carbonyl (C=O) groups is 1. The molecule has 2 aromatic heterocycles. The molecule has 1 N–H and O–H groups in total. The highest BCUT2D eigenvalue weighted by atomic mass is 16.4. The Hall–Kier alpha value is -2.17. The van der Waals surface area contributed by atoms with Gasteiger partial charge in [0.05, 0.1) is 12.1 Å². The number of hydrogen-bond acceptors (Lipinski definition) is 3. The van der Waals surface area contributed by atoms with E-state index in [4.69, 9.17) is 5.11 Å². The largest absolute Gasteiger partial charge is 0.481 e. The predicted molar refractivity (Wildman–Crippen MR) is 67.1 cm³/mol. The lowest BCUT2D eigenvalue weighted by Crippen LogP contribution is -2.04. The number of carboxylic acid groups (broad SMARTS) is 1. The molecule has 18 heavy (non-hydrogen) atoms. The molecule has 0 aliphatic carbocycles. The highest BCUT2D eigenvalue weighted by Crippen LogP contribution is 2.27. The van der Waals surface area contributed by atoms with Crippen LogP contribution in [0.1, 0.15) is 17.8 Å². The van der Waals surface area contributed by atoms with Crippen LogP contribution in [0, 0.1) is 6.92 Å². The van der Waals surface area contributed by atoms with Gasteiger partial charge in [0.2, 0.25) is 0 Å². The van der Waals surface area contributed by atoms with Crippen molar-refractivity contribution in [1.82, 2.24) is 14.8 Å². The van der Waals surface area contributed by atoms with Crippen LogP contribution in [-0.4, -0.2) is 25.8 Å². The van der Waals surface area contributed by atoms with E-state index in [0.717, 1.165) is 22.5 Å². The zero-order valence-electron chi connectivity index (χ0n) is 10.4. The average molecular weight is 245 g/mol. The van der Waals surface area contributed by atoms with E-state index in [-0.39, 0.29) is 6.42 Å². The predicted octanol–water partition coefficient (Wildman–Crippen LogP) is 1.81. The normalized spacial score (nSPS) is 10.6. The summed E-state index contributed by atoms with van der Waals surface area (Å²) in [6.07, 6.45) is 4.06. The number of hydrogen-bond donors (Lipinski definition) is 1. The Bertz CT molecular complexity index is 561. The topological polar surface area (TPSA) is 68.0 Å². The van der Waals surface area contributed by atoms with Crippen LogP contribution in [-0.2, 0) is 18.3 Å². The fraction of sp³-hybridized carbons (Fsp3) is 0.308. The third-order valence-electron chi connectivity index (χ3n) is 2.87. The van der Waals surface area contributed by atoms with E-state index >= 15 is 0 Å². The Balaban J connectivity index is 2.43. The van der Waals surface area contributed by atoms with Gasteiger partial charge in [0, 0.05) is 42.7 Å². The summed E-state index contributed by atoms with van der Waals surface area (Å²) >= 11 is 0. The van der Waals surface area contributed by atoms with E-state index in [0.29, 0.717) is 6.42 Å². The van der Waals surface area contributed by atoms with Gasteiger partial charge in [-0.25, -0.2) is 0 Å². The first-order valence-corrected chi connectivity index (χ1v) is 5.74. The molecule has 0 unspecified atom stereocenters. The lowest BCUT2D eigenvalue weighted by molar-refractivity contribution is -0.136. The molecule has 0 aliphatic rings. The van der Waals surface area contributed by atoms with Gasteiger partial charge in [0.25, 0.3) is 0 Å². The Morgan fingerprint density at radius 3 is 2.89 bits per heavy atom. The van der Waals surface area contributed by atoms with Crippen LogP contribution in [0.2, 0.25) is 0 Å². The Labute approximate surface area is 105 Å². The number of carboxylic acids is 1. The molecule has 2 rings (SSSR count). The highest BCUT2D eigenvalue weighted by Gasteiger charge is 2.15. The molecule has 5 nitrogen and oxygen atoms in total. The first-order valence-electron chi connectivity index (χ1n) is 5.74. The molecule has 5 heteroatoms. The third-order valence-corrected chi connectivity index (χ3v) is 2.87. The molecule has 0 radical (unpaired) electrons. The van der Waals surface area contributed by atoms with Crippen LogP contribution in [0.15, 0.2) is 24.5 Å². The van der Waals surface area contributed by atoms with E-state index in [1.54, 1.807) is 17.1 Å². The number of nitrogens with zero attached hydrogens (tertiary/aromatic N) is 3. The highest BCUT2D eigenvalue weighted by molar-refractivity contribution is 5.70. The van der Waals surface area contributed by atoms with Gasteiger partial charge in [-0.05, 0) is 13.0 Å². The zero-order valence-corrected chi connectivity index (χ0v) is 10.4. The third kappa shape index (κ3) is 2.40. The van der Waals surface area contributed by atoms with Crippen molar-refractivity contribution >= 4 is 5.97 Å². The first kappa shape index (κ1) is 12.3. The minimum atomic E-state index is -0.800. The molecule has 0 aromatic carbocycles. The fourth-order valence-electron chi connectivity index (χ4n) is 2.10. The van der Waals surface area contributed by atoms with Crippen LogP contribution in [0.4, 0.5) is 0 Å². The van der Waals surface area contributed by atoms with Gasteiger partial charge in [-0.3, -0.25) is 14.5 Å². The molecule has 0 saturated carbocycles. The van der Waals surface area contributed by atoms with Gasteiger partial charge in [0.15, 0.2) is 0 Å². The lowest BCUT2D eigenvalue weighted by Gasteiger charge is -2.05. The summed E-state index contributed by atoms with van der Waals surface area (Å²) in [7, 11) is 1.84. The quantitative estimate of drug-likeness (QED) is 0.892. The number of rotatable bonds is 4. The summed E-state index contributed by atoms with van der Waals surface area (Å²) in [5.74, 6) is -0.800. The first-order chi connectivity index (χ1) is 8.59. The number of aliphatic carboxylic acids is 1. The molecule has 0 spiro atoms. The number of pyridine rings is 1. The lowest BCUT2D eigenvalue weighted by atomic mass is 10.0. The van der Waals surface area contributed by atoms with Crippen LogP contribution >= 0.6 is 0 Å². The van der Waals surface area contributed by atoms with Gasteiger partial charge in [-0.2, -0.15) is 5.10 Å². The van der Waals surface area contributed by atoms with Crippen LogP contribution in [0.3, 0.4) is 0 Å². The fourth-order valence-corrected chi connectivity index (χ4v) is 2.10. The zero-order chi connectivity index (χ0) is 13.1. The Kier molecular flexibility index (Phi) is 3.41. The van der Waals surface area contributed by atoms with Crippen molar-refractivity contribution in [2.75, 3.05) is 0 Å². The Morgan fingerprint density at radius 2 is 2.28 bits per heavy atom. The molecule has 0 bridgehead atoms. The number of aromatic nitrogens is 3. The van der Waals surface area contributed by atoms with Crippen molar-refractivity contribution in [2.45, 2.75) is 19.8 Å². The van der Waals surface area contributed by atoms with Crippen LogP contribution in [0.5, 0.6) is 0 Å². The maximum atomic E-state index is 10.7. The molecular formula is C13H15N3O2. The maximum Gasteiger partial charge on any atom is 0.303 e. The van der Waals surface area contributed by atoms with Crippen molar-refractivity contribution in [3.05, 3.63) is 35.9 Å². The van der Waals surface area contributed by atoms with E-state index < -0.39 is 5.97 Å². The summed E-state index contributed by atoms with van der Waals surface area (Å²) in [4.78, 5) is 14.8. The molecule has 0 saturated heterocycles. The van der Waals surface area contributed by atoms with E-state index in [2.05, 4.69) is 10.1 Å². The van der Waals surface area contributed by atoms with Crippen LogP contribution < -0.4 is 0 Å². The second kappa shape index (κ2) is 5.00. The van der Waals surface area contributed by atoms with Crippen molar-refractivity contribution in [1.29, 1.82) is 0 Å². The molecule has 0 atom stereocenters.